The van der Waals surface area contributed by atoms with Crippen molar-refractivity contribution in [1.82, 2.24) is 4.98 Å². The van der Waals surface area contributed by atoms with Gasteiger partial charge in [-0.1, -0.05) is 6.07 Å². The van der Waals surface area contributed by atoms with Crippen molar-refractivity contribution in [1.29, 1.82) is 0 Å². The Morgan fingerprint density at radius 1 is 1.47 bits per heavy atom. The number of rotatable bonds is 3. The SMILES string of the molecule is Cc1ccc([C@H](O)[C@@H](C)S(N)(=O)=O)nc1. The highest BCUT2D eigenvalue weighted by atomic mass is 32.2. The molecule has 0 spiro atoms. The summed E-state index contributed by atoms with van der Waals surface area (Å²) < 4.78 is 22.0. The summed E-state index contributed by atoms with van der Waals surface area (Å²) >= 11 is 0. The Kier molecular flexibility index (Phi) is 3.43. The Balaban J connectivity index is 2.95. The Bertz CT molecular complexity index is 427. The number of sulfonamides is 1. The van der Waals surface area contributed by atoms with Crippen LogP contribution in [0.2, 0.25) is 0 Å². The predicted octanol–water partition coefficient (Wildman–Crippen LogP) is 0.100. The van der Waals surface area contributed by atoms with Gasteiger partial charge in [0.2, 0.25) is 10.0 Å². The third-order valence-electron chi connectivity index (χ3n) is 2.20. The highest BCUT2D eigenvalue weighted by Crippen LogP contribution is 2.18. The Labute approximate surface area is 89.0 Å². The highest BCUT2D eigenvalue weighted by Gasteiger charge is 2.26. The first kappa shape index (κ1) is 12.1. The molecule has 1 heterocycles. The van der Waals surface area contributed by atoms with Gasteiger partial charge in [-0.3, -0.25) is 4.98 Å². The standard InChI is InChI=1S/C9H14N2O3S/c1-6-3-4-8(11-5-6)9(12)7(2)15(10,13)14/h3-5,7,9,12H,1-2H3,(H2,10,13,14)/t7-,9-/m1/s1. The second-order valence-electron chi connectivity index (χ2n) is 3.50. The van der Waals surface area contributed by atoms with E-state index in [1.165, 1.54) is 6.92 Å². The Morgan fingerprint density at radius 3 is 2.47 bits per heavy atom. The molecule has 1 aromatic rings. The van der Waals surface area contributed by atoms with Crippen molar-refractivity contribution in [2.24, 2.45) is 5.14 Å². The molecule has 6 heteroatoms. The third-order valence-corrected chi connectivity index (χ3v) is 3.49. The van der Waals surface area contributed by atoms with Crippen molar-refractivity contribution in [2.75, 3.05) is 0 Å². The van der Waals surface area contributed by atoms with E-state index in [9.17, 15) is 13.5 Å². The zero-order valence-electron chi connectivity index (χ0n) is 8.58. The van der Waals surface area contributed by atoms with Gasteiger partial charge in [0.05, 0.1) is 5.69 Å². The van der Waals surface area contributed by atoms with Crippen molar-refractivity contribution in [2.45, 2.75) is 25.2 Å². The van der Waals surface area contributed by atoms with Crippen LogP contribution in [0, 0.1) is 6.92 Å². The topological polar surface area (TPSA) is 93.3 Å². The van der Waals surface area contributed by atoms with Gasteiger partial charge in [-0.15, -0.1) is 0 Å². The molecular formula is C9H14N2O3S. The van der Waals surface area contributed by atoms with E-state index >= 15 is 0 Å². The van der Waals surface area contributed by atoms with Crippen LogP contribution in [-0.4, -0.2) is 23.8 Å². The van der Waals surface area contributed by atoms with Gasteiger partial charge in [0, 0.05) is 6.20 Å². The lowest BCUT2D eigenvalue weighted by Gasteiger charge is -2.16. The van der Waals surface area contributed by atoms with Crippen LogP contribution in [0.3, 0.4) is 0 Å². The molecule has 0 aliphatic carbocycles. The van der Waals surface area contributed by atoms with Crippen LogP contribution in [0.5, 0.6) is 0 Å². The number of hydrogen-bond donors (Lipinski definition) is 2. The Hall–Kier alpha value is -0.980. The van der Waals surface area contributed by atoms with Crippen LogP contribution in [0.1, 0.15) is 24.3 Å². The molecule has 2 atom stereocenters. The molecule has 15 heavy (non-hydrogen) atoms. The van der Waals surface area contributed by atoms with Crippen LogP contribution < -0.4 is 5.14 Å². The van der Waals surface area contributed by atoms with Gasteiger partial charge in [0.1, 0.15) is 11.4 Å². The second kappa shape index (κ2) is 4.26. The average Bonchev–Trinajstić information content (AvgIpc) is 2.15. The number of hydrogen-bond acceptors (Lipinski definition) is 4. The first-order valence-corrected chi connectivity index (χ1v) is 6.05. The number of primary sulfonamides is 1. The zero-order chi connectivity index (χ0) is 11.6. The van der Waals surface area contributed by atoms with Crippen LogP contribution in [0.25, 0.3) is 0 Å². The maximum Gasteiger partial charge on any atom is 0.214 e. The number of nitrogens with two attached hydrogens (primary N) is 1. The summed E-state index contributed by atoms with van der Waals surface area (Å²) in [5.41, 5.74) is 1.25. The molecule has 0 aliphatic heterocycles. The fourth-order valence-corrected chi connectivity index (χ4v) is 1.57. The summed E-state index contributed by atoms with van der Waals surface area (Å²) in [6, 6.07) is 3.34. The van der Waals surface area contributed by atoms with Crippen molar-refractivity contribution in [3.05, 3.63) is 29.6 Å². The number of aliphatic hydroxyl groups is 1. The normalized spacial score (nSPS) is 16.0. The third kappa shape index (κ3) is 2.98. The van der Waals surface area contributed by atoms with Crippen LogP contribution in [0.4, 0.5) is 0 Å². The molecule has 0 amide bonds. The van der Waals surface area contributed by atoms with Gasteiger partial charge in [-0.05, 0) is 25.5 Å². The number of aromatic nitrogens is 1. The quantitative estimate of drug-likeness (QED) is 0.770. The molecule has 3 N–H and O–H groups in total. The minimum Gasteiger partial charge on any atom is -0.385 e. The smallest absolute Gasteiger partial charge is 0.214 e. The highest BCUT2D eigenvalue weighted by molar-refractivity contribution is 7.89. The van der Waals surface area contributed by atoms with E-state index in [1.54, 1.807) is 18.3 Å². The van der Waals surface area contributed by atoms with E-state index in [0.29, 0.717) is 5.69 Å². The molecule has 0 fully saturated rings. The molecule has 1 rings (SSSR count). The molecule has 1 aromatic heterocycles. The molecule has 0 aliphatic rings. The molecule has 0 aromatic carbocycles. The van der Waals surface area contributed by atoms with Gasteiger partial charge in [-0.25, -0.2) is 13.6 Å². The summed E-state index contributed by atoms with van der Waals surface area (Å²) in [5.74, 6) is 0. The molecular weight excluding hydrogens is 216 g/mol. The molecule has 5 nitrogen and oxygen atoms in total. The average molecular weight is 230 g/mol. The van der Waals surface area contributed by atoms with Gasteiger partial charge in [0.15, 0.2) is 0 Å². The van der Waals surface area contributed by atoms with Crippen molar-refractivity contribution >= 4 is 10.0 Å². The van der Waals surface area contributed by atoms with E-state index in [2.05, 4.69) is 4.98 Å². The molecule has 0 saturated heterocycles. The molecule has 0 bridgehead atoms. The van der Waals surface area contributed by atoms with Gasteiger partial charge in [0.25, 0.3) is 0 Å². The van der Waals surface area contributed by atoms with Crippen LogP contribution in [-0.2, 0) is 10.0 Å². The maximum absolute atomic E-state index is 11.0. The van der Waals surface area contributed by atoms with Crippen molar-refractivity contribution in [3.8, 4) is 0 Å². The zero-order valence-corrected chi connectivity index (χ0v) is 9.40. The minimum absolute atomic E-state index is 0.308. The molecule has 0 radical (unpaired) electrons. The van der Waals surface area contributed by atoms with Crippen molar-refractivity contribution < 1.29 is 13.5 Å². The lowest BCUT2D eigenvalue weighted by molar-refractivity contribution is 0.171. The van der Waals surface area contributed by atoms with E-state index in [0.717, 1.165) is 5.56 Å². The molecule has 0 unspecified atom stereocenters. The van der Waals surface area contributed by atoms with E-state index in [-0.39, 0.29) is 0 Å². The van der Waals surface area contributed by atoms with Gasteiger partial charge < -0.3 is 5.11 Å². The predicted molar refractivity (Wildman–Crippen MR) is 56.5 cm³/mol. The number of pyridine rings is 1. The fourth-order valence-electron chi connectivity index (χ4n) is 1.07. The Morgan fingerprint density at radius 2 is 2.07 bits per heavy atom. The fraction of sp³-hybridized carbons (Fsp3) is 0.444. The lowest BCUT2D eigenvalue weighted by Crippen LogP contribution is -2.31. The number of aliphatic hydroxyl groups excluding tert-OH is 1. The number of aryl methyl sites for hydroxylation is 1. The molecule has 84 valence electrons. The second-order valence-corrected chi connectivity index (χ2v) is 5.42. The van der Waals surface area contributed by atoms with Gasteiger partial charge >= 0.3 is 0 Å². The van der Waals surface area contributed by atoms with Crippen molar-refractivity contribution in [3.63, 3.8) is 0 Å². The summed E-state index contributed by atoms with van der Waals surface area (Å²) in [7, 11) is -3.75. The maximum atomic E-state index is 11.0. The first-order chi connectivity index (χ1) is 6.82. The largest absolute Gasteiger partial charge is 0.385 e. The van der Waals surface area contributed by atoms with Crippen LogP contribution in [0.15, 0.2) is 18.3 Å². The van der Waals surface area contributed by atoms with Gasteiger partial charge in [-0.2, -0.15) is 0 Å². The minimum atomic E-state index is -3.75. The van der Waals surface area contributed by atoms with E-state index in [1.807, 2.05) is 6.92 Å². The number of nitrogens with zero attached hydrogens (tertiary/aromatic N) is 1. The lowest BCUT2D eigenvalue weighted by atomic mass is 10.1. The summed E-state index contributed by atoms with van der Waals surface area (Å²) in [6.07, 6.45) is 0.370. The first-order valence-electron chi connectivity index (χ1n) is 4.44. The monoisotopic (exact) mass is 230 g/mol. The molecule has 0 saturated carbocycles. The summed E-state index contributed by atoms with van der Waals surface area (Å²) in [4.78, 5) is 3.94. The van der Waals surface area contributed by atoms with E-state index < -0.39 is 21.4 Å². The summed E-state index contributed by atoms with van der Waals surface area (Å²) in [5, 5.41) is 13.6. The summed E-state index contributed by atoms with van der Waals surface area (Å²) in [6.45, 7) is 3.20. The van der Waals surface area contributed by atoms with E-state index in [4.69, 9.17) is 5.14 Å². The van der Waals surface area contributed by atoms with Crippen LogP contribution >= 0.6 is 0 Å².